The monoisotopic (exact) mass is 654 g/mol. The number of methoxy groups -OCH3 is 1. The Morgan fingerprint density at radius 1 is 0.957 bits per heavy atom. The number of fused-ring (bicyclic) bond motifs is 4. The van der Waals surface area contributed by atoms with Gasteiger partial charge in [-0.25, -0.2) is 4.79 Å². The van der Waals surface area contributed by atoms with Gasteiger partial charge in [-0.05, 0) is 134 Å². The van der Waals surface area contributed by atoms with Crippen LogP contribution in [-0.4, -0.2) is 74.9 Å². The summed E-state index contributed by atoms with van der Waals surface area (Å²) >= 11 is 0. The van der Waals surface area contributed by atoms with Gasteiger partial charge in [-0.1, -0.05) is 34.6 Å². The van der Waals surface area contributed by atoms with Gasteiger partial charge in [0.2, 0.25) is 5.91 Å². The number of hydrogen-bond donors (Lipinski definition) is 1. The normalized spacial score (nSPS) is 49.4. The first-order chi connectivity index (χ1) is 22.4. The van der Waals surface area contributed by atoms with E-state index in [0.717, 1.165) is 25.2 Å². The minimum absolute atomic E-state index is 0.0881. The van der Waals surface area contributed by atoms with Crippen LogP contribution in [0.1, 0.15) is 118 Å². The molecule has 0 aromatic rings. The van der Waals surface area contributed by atoms with Gasteiger partial charge in [0.15, 0.2) is 6.29 Å². The quantitative estimate of drug-likeness (QED) is 0.320. The predicted molar refractivity (Wildman–Crippen MR) is 178 cm³/mol. The summed E-state index contributed by atoms with van der Waals surface area (Å²) in [7, 11) is 1.42. The summed E-state index contributed by atoms with van der Waals surface area (Å²) in [6.07, 6.45) is 15.5. The standard InChI is InChI=1S/C39H62N2O6/c1-24-19-26(12-16-40-34(43)44-6)46-27-21-37(5)29-10-9-28-35(2,3)30(47-32-22-41(17-18-45-32)31(42)20-25-7-8-25)11-13-38(28)23-39(29,38)15-14-36(37,4)33(24)27/h24-30,32-33H,7-23H2,1-6H3,(H,40,43)/t24-,26?,27?,28?,29?,30?,32?,33?,36?,37+,38?,39?/m1/s1. The largest absolute Gasteiger partial charge is 0.453 e. The minimum atomic E-state index is -0.355. The summed E-state index contributed by atoms with van der Waals surface area (Å²) < 4.78 is 24.8. The number of nitrogens with one attached hydrogen (secondary N) is 1. The summed E-state index contributed by atoms with van der Waals surface area (Å²) in [6, 6.07) is 0. The fraction of sp³-hybridized carbons (Fsp3) is 0.949. The van der Waals surface area contributed by atoms with Crippen molar-refractivity contribution < 1.29 is 28.5 Å². The topological polar surface area (TPSA) is 86.3 Å². The van der Waals surface area contributed by atoms with Crippen LogP contribution < -0.4 is 5.32 Å². The SMILES string of the molecule is COC(=O)NCCC1C[C@@H](C)C2C(C[C@@]3(C)C4CCC5C(C)(C)C(OC6CN(C(=O)CC7CC7)CCO6)CCC56CC46CCC23C)O1. The summed E-state index contributed by atoms with van der Waals surface area (Å²) in [5.74, 6) is 3.61. The fourth-order valence-electron chi connectivity index (χ4n) is 14.0. The van der Waals surface area contributed by atoms with Crippen LogP contribution in [0.2, 0.25) is 0 Å². The molecule has 2 amide bonds. The minimum Gasteiger partial charge on any atom is -0.453 e. The molecule has 8 rings (SSSR count). The van der Waals surface area contributed by atoms with E-state index in [0.29, 0.717) is 90.0 Å². The lowest BCUT2D eigenvalue weighted by molar-refractivity contribution is -0.246. The molecule has 8 fully saturated rings. The van der Waals surface area contributed by atoms with E-state index in [1.807, 2.05) is 4.90 Å². The number of nitrogens with zero attached hydrogens (tertiary/aromatic N) is 1. The number of hydrogen-bond acceptors (Lipinski definition) is 6. The lowest BCUT2D eigenvalue weighted by atomic mass is 9.41. The summed E-state index contributed by atoms with van der Waals surface area (Å²) in [5, 5.41) is 2.87. The van der Waals surface area contributed by atoms with Gasteiger partial charge in [-0.15, -0.1) is 0 Å². The van der Waals surface area contributed by atoms with Crippen molar-refractivity contribution in [3.63, 3.8) is 0 Å². The number of morpholine rings is 1. The van der Waals surface area contributed by atoms with E-state index in [1.165, 1.54) is 64.9 Å². The molecule has 2 saturated heterocycles. The van der Waals surface area contributed by atoms with Gasteiger partial charge >= 0.3 is 6.09 Å². The van der Waals surface area contributed by atoms with E-state index in [1.54, 1.807) is 0 Å². The Hall–Kier alpha value is -1.38. The Balaban J connectivity index is 0.954. The number of alkyl carbamates (subject to hydrolysis) is 1. The maximum atomic E-state index is 12.9. The molecule has 0 bridgehead atoms. The molecule has 6 aliphatic carbocycles. The van der Waals surface area contributed by atoms with Crippen LogP contribution in [0.5, 0.6) is 0 Å². The van der Waals surface area contributed by atoms with Crippen molar-refractivity contribution in [2.45, 2.75) is 143 Å². The van der Waals surface area contributed by atoms with Crippen LogP contribution in [0.25, 0.3) is 0 Å². The molecule has 10 unspecified atom stereocenters. The van der Waals surface area contributed by atoms with Crippen molar-refractivity contribution in [3.05, 3.63) is 0 Å². The molecule has 12 atom stereocenters. The Labute approximate surface area is 283 Å². The molecule has 0 aromatic heterocycles. The third-order valence-corrected chi connectivity index (χ3v) is 16.5. The molecule has 6 saturated carbocycles. The highest BCUT2D eigenvalue weighted by atomic mass is 16.7. The average Bonchev–Trinajstić information content (AvgIpc) is 3.94. The van der Waals surface area contributed by atoms with E-state index < -0.39 is 0 Å². The lowest BCUT2D eigenvalue weighted by Gasteiger charge is -2.63. The smallest absolute Gasteiger partial charge is 0.406 e. The molecule has 1 N–H and O–H groups in total. The molecule has 8 aliphatic rings. The van der Waals surface area contributed by atoms with Crippen molar-refractivity contribution in [1.29, 1.82) is 0 Å². The molecule has 2 spiro atoms. The van der Waals surface area contributed by atoms with Crippen LogP contribution in [-0.2, 0) is 23.7 Å². The molecular formula is C39H62N2O6. The second-order valence-corrected chi connectivity index (χ2v) is 18.7. The third-order valence-electron chi connectivity index (χ3n) is 16.5. The van der Waals surface area contributed by atoms with Gasteiger partial charge in [0.25, 0.3) is 0 Å². The van der Waals surface area contributed by atoms with Crippen molar-refractivity contribution >= 4 is 12.0 Å². The molecule has 47 heavy (non-hydrogen) atoms. The number of amides is 2. The first-order valence-electron chi connectivity index (χ1n) is 19.4. The first kappa shape index (κ1) is 32.8. The van der Waals surface area contributed by atoms with E-state index >= 15 is 0 Å². The summed E-state index contributed by atoms with van der Waals surface area (Å²) in [4.78, 5) is 26.5. The molecule has 264 valence electrons. The Morgan fingerprint density at radius 2 is 1.72 bits per heavy atom. The Morgan fingerprint density at radius 3 is 2.49 bits per heavy atom. The third kappa shape index (κ3) is 4.90. The van der Waals surface area contributed by atoms with Gasteiger partial charge in [0.05, 0.1) is 38.6 Å². The van der Waals surface area contributed by atoms with Crippen LogP contribution in [0.4, 0.5) is 4.79 Å². The maximum Gasteiger partial charge on any atom is 0.406 e. The van der Waals surface area contributed by atoms with Crippen LogP contribution >= 0.6 is 0 Å². The zero-order valence-corrected chi connectivity index (χ0v) is 30.1. The average molecular weight is 655 g/mol. The van der Waals surface area contributed by atoms with Crippen LogP contribution in [0, 0.1) is 56.7 Å². The van der Waals surface area contributed by atoms with Crippen molar-refractivity contribution in [2.24, 2.45) is 56.7 Å². The first-order valence-corrected chi connectivity index (χ1v) is 19.4. The van der Waals surface area contributed by atoms with Crippen molar-refractivity contribution in [2.75, 3.05) is 33.4 Å². The van der Waals surface area contributed by atoms with Gasteiger partial charge < -0.3 is 29.2 Å². The van der Waals surface area contributed by atoms with E-state index in [4.69, 9.17) is 18.9 Å². The fourth-order valence-corrected chi connectivity index (χ4v) is 14.0. The molecule has 2 heterocycles. The summed E-state index contributed by atoms with van der Waals surface area (Å²) in [5.41, 5.74) is 1.62. The molecule has 0 aromatic carbocycles. The van der Waals surface area contributed by atoms with Crippen molar-refractivity contribution in [3.8, 4) is 0 Å². The zero-order valence-electron chi connectivity index (χ0n) is 30.1. The number of rotatable bonds is 7. The summed E-state index contributed by atoms with van der Waals surface area (Å²) in [6.45, 7) is 15.3. The van der Waals surface area contributed by atoms with E-state index in [2.05, 4.69) is 39.9 Å². The molecule has 8 nitrogen and oxygen atoms in total. The maximum absolute atomic E-state index is 12.9. The number of carbonyl (C=O) groups is 2. The molecule has 8 heteroatoms. The Kier molecular flexibility index (Phi) is 7.90. The van der Waals surface area contributed by atoms with Gasteiger partial charge in [0, 0.05) is 19.5 Å². The highest BCUT2D eigenvalue weighted by Gasteiger charge is 2.83. The second kappa shape index (κ2) is 11.3. The highest BCUT2D eigenvalue weighted by Crippen LogP contribution is 2.89. The zero-order chi connectivity index (χ0) is 33.0. The van der Waals surface area contributed by atoms with Crippen molar-refractivity contribution in [1.82, 2.24) is 10.2 Å². The van der Waals surface area contributed by atoms with Crippen LogP contribution in [0.15, 0.2) is 0 Å². The Bertz CT molecular complexity index is 1250. The van der Waals surface area contributed by atoms with Gasteiger partial charge in [-0.3, -0.25) is 4.79 Å². The molecule has 2 aliphatic heterocycles. The second-order valence-electron chi connectivity index (χ2n) is 18.7. The molecule has 0 radical (unpaired) electrons. The van der Waals surface area contributed by atoms with Gasteiger partial charge in [0.1, 0.15) is 0 Å². The highest BCUT2D eigenvalue weighted by molar-refractivity contribution is 5.76. The lowest BCUT2D eigenvalue weighted by Crippen LogP contribution is -2.58. The van der Waals surface area contributed by atoms with E-state index in [9.17, 15) is 9.59 Å². The number of carbonyl (C=O) groups excluding carboxylic acids is 2. The van der Waals surface area contributed by atoms with E-state index in [-0.39, 0.29) is 30.0 Å². The number of ether oxygens (including phenoxy) is 4. The molecular weight excluding hydrogens is 592 g/mol. The van der Waals surface area contributed by atoms with Gasteiger partial charge in [-0.2, -0.15) is 0 Å². The van der Waals surface area contributed by atoms with Crippen LogP contribution in [0.3, 0.4) is 0 Å². The predicted octanol–water partition coefficient (Wildman–Crippen LogP) is 6.95.